The Morgan fingerprint density at radius 3 is 2.74 bits per heavy atom. The fraction of sp³-hybridized carbons (Fsp3) is 0.286. The molecule has 1 aromatic carbocycles. The Kier molecular flexibility index (Phi) is 5.16. The van der Waals surface area contributed by atoms with Crippen LogP contribution in [0.15, 0.2) is 45.1 Å². The van der Waals surface area contributed by atoms with Crippen molar-refractivity contribution in [3.63, 3.8) is 0 Å². The third-order valence-electron chi connectivity index (χ3n) is 5.04. The number of benzene rings is 1. The summed E-state index contributed by atoms with van der Waals surface area (Å²) in [7, 11) is 0. The fourth-order valence-corrected chi connectivity index (χ4v) is 4.56. The smallest absolute Gasteiger partial charge is 0.231 e. The van der Waals surface area contributed by atoms with Gasteiger partial charge < -0.3 is 29.9 Å². The molecule has 0 atom stereocenters. The number of fused-ring (bicyclic) bond motifs is 2. The highest BCUT2D eigenvalue weighted by molar-refractivity contribution is 7.99. The first-order valence-corrected chi connectivity index (χ1v) is 10.8. The van der Waals surface area contributed by atoms with Crippen LogP contribution in [-0.2, 0) is 6.54 Å². The van der Waals surface area contributed by atoms with Gasteiger partial charge in [-0.25, -0.2) is 15.0 Å². The van der Waals surface area contributed by atoms with Crippen molar-refractivity contribution in [2.45, 2.75) is 36.4 Å². The Morgan fingerprint density at radius 2 is 1.97 bits per heavy atom. The zero-order valence-corrected chi connectivity index (χ0v) is 17.8. The van der Waals surface area contributed by atoms with Gasteiger partial charge >= 0.3 is 0 Å². The Bertz CT molecular complexity index is 1250. The molecular weight excluding hydrogens is 416 g/mol. The van der Waals surface area contributed by atoms with Gasteiger partial charge in [-0.3, -0.25) is 0 Å². The van der Waals surface area contributed by atoms with Crippen LogP contribution in [0.3, 0.4) is 0 Å². The molecule has 0 amide bonds. The lowest BCUT2D eigenvalue weighted by Gasteiger charge is -2.11. The van der Waals surface area contributed by atoms with E-state index in [1.165, 1.54) is 18.1 Å². The molecule has 5 rings (SSSR count). The highest BCUT2D eigenvalue weighted by Gasteiger charge is 2.23. The third kappa shape index (κ3) is 3.68. The lowest BCUT2D eigenvalue weighted by molar-refractivity contribution is 0.174. The highest BCUT2D eigenvalue weighted by atomic mass is 32.2. The summed E-state index contributed by atoms with van der Waals surface area (Å²) in [4.78, 5) is 14.2. The van der Waals surface area contributed by atoms with Crippen LogP contribution in [0.1, 0.15) is 18.6 Å². The first kappa shape index (κ1) is 19.7. The highest BCUT2D eigenvalue weighted by Crippen LogP contribution is 2.45. The van der Waals surface area contributed by atoms with Gasteiger partial charge in [0.05, 0.1) is 0 Å². The third-order valence-corrected chi connectivity index (χ3v) is 6.09. The first-order chi connectivity index (χ1) is 15.1. The largest absolute Gasteiger partial charge is 0.461 e. The predicted octanol–water partition coefficient (Wildman–Crippen LogP) is 3.60. The molecule has 10 heteroatoms. The van der Waals surface area contributed by atoms with Gasteiger partial charge in [0.25, 0.3) is 0 Å². The van der Waals surface area contributed by atoms with E-state index in [0.717, 1.165) is 46.5 Å². The summed E-state index contributed by atoms with van der Waals surface area (Å²) in [5.41, 5.74) is 14.0. The molecule has 0 saturated heterocycles. The average molecular weight is 439 g/mol. The summed E-state index contributed by atoms with van der Waals surface area (Å²) in [6, 6.07) is 7.79. The minimum absolute atomic E-state index is 0.198. The predicted molar refractivity (Wildman–Crippen MR) is 117 cm³/mol. The average Bonchev–Trinajstić information content (AvgIpc) is 3.47. The number of furan rings is 1. The first-order valence-electron chi connectivity index (χ1n) is 9.99. The van der Waals surface area contributed by atoms with Gasteiger partial charge in [0, 0.05) is 17.0 Å². The van der Waals surface area contributed by atoms with Gasteiger partial charge in [0.15, 0.2) is 33.6 Å². The maximum absolute atomic E-state index is 6.08. The molecule has 0 fully saturated rings. The van der Waals surface area contributed by atoms with Crippen molar-refractivity contribution < 1.29 is 13.9 Å². The van der Waals surface area contributed by atoms with E-state index in [0.29, 0.717) is 35.0 Å². The normalized spacial score (nSPS) is 12.7. The van der Waals surface area contributed by atoms with Crippen molar-refractivity contribution in [2.24, 2.45) is 5.73 Å². The van der Waals surface area contributed by atoms with E-state index in [-0.39, 0.29) is 6.79 Å². The Morgan fingerprint density at radius 1 is 1.13 bits per heavy atom. The van der Waals surface area contributed by atoms with Gasteiger partial charge in [-0.1, -0.05) is 11.8 Å². The molecule has 4 aromatic rings. The minimum Gasteiger partial charge on any atom is -0.461 e. The van der Waals surface area contributed by atoms with E-state index >= 15 is 0 Å². The number of nitrogens with zero attached hydrogens (tertiary/aromatic N) is 4. The zero-order valence-electron chi connectivity index (χ0n) is 17.0. The number of unbranched alkanes of at least 4 members (excludes halogenated alkanes) is 1. The number of hydrogen-bond acceptors (Lipinski definition) is 9. The van der Waals surface area contributed by atoms with E-state index in [2.05, 4.69) is 14.5 Å². The number of imidazole rings is 1. The summed E-state index contributed by atoms with van der Waals surface area (Å²) >= 11 is 1.51. The van der Waals surface area contributed by atoms with Gasteiger partial charge in [0.1, 0.15) is 17.8 Å². The monoisotopic (exact) mass is 438 g/mol. The van der Waals surface area contributed by atoms with E-state index in [9.17, 15) is 0 Å². The second-order valence-corrected chi connectivity index (χ2v) is 8.20. The number of aromatic nitrogens is 4. The van der Waals surface area contributed by atoms with Crippen molar-refractivity contribution in [1.29, 1.82) is 0 Å². The van der Waals surface area contributed by atoms with Crippen LogP contribution < -0.4 is 20.9 Å². The van der Waals surface area contributed by atoms with Gasteiger partial charge in [-0.2, -0.15) is 0 Å². The Labute approximate surface area is 182 Å². The van der Waals surface area contributed by atoms with Crippen molar-refractivity contribution in [2.75, 3.05) is 19.1 Å². The Balaban J connectivity index is 1.61. The standard InChI is InChI=1S/C21H22N6O3S/c1-12-4-5-14(30-12)13-8-15-16(29-11-28-15)9-17(13)31-21-26-18-19(23)24-10-25-20(18)27(21)7-3-2-6-22/h4-5,8-10H,2-3,6-7,11,22H2,1H3,(H2,23,24,25). The van der Waals surface area contributed by atoms with Crippen LogP contribution >= 0.6 is 11.8 Å². The van der Waals surface area contributed by atoms with Crippen LogP contribution in [0, 0.1) is 6.92 Å². The number of anilines is 1. The van der Waals surface area contributed by atoms with E-state index < -0.39 is 0 Å². The topological polar surface area (TPSA) is 127 Å². The minimum atomic E-state index is 0.198. The number of nitrogens with two attached hydrogens (primary N) is 2. The molecule has 4 heterocycles. The van der Waals surface area contributed by atoms with Crippen molar-refractivity contribution in [3.8, 4) is 22.8 Å². The lowest BCUT2D eigenvalue weighted by Crippen LogP contribution is -2.05. The second kappa shape index (κ2) is 8.12. The molecule has 1 aliphatic rings. The number of rotatable bonds is 7. The quantitative estimate of drug-likeness (QED) is 0.416. The molecule has 4 N–H and O–H groups in total. The van der Waals surface area contributed by atoms with Crippen LogP contribution in [-0.4, -0.2) is 32.9 Å². The molecule has 0 radical (unpaired) electrons. The molecule has 9 nitrogen and oxygen atoms in total. The van der Waals surface area contributed by atoms with Gasteiger partial charge in [-0.15, -0.1) is 0 Å². The summed E-state index contributed by atoms with van der Waals surface area (Å²) in [5.74, 6) is 3.33. The van der Waals surface area contributed by atoms with E-state index in [4.69, 9.17) is 30.3 Å². The van der Waals surface area contributed by atoms with Gasteiger partial charge in [-0.05, 0) is 50.6 Å². The van der Waals surface area contributed by atoms with Crippen molar-refractivity contribution >= 4 is 28.7 Å². The molecule has 160 valence electrons. The van der Waals surface area contributed by atoms with E-state index in [1.54, 1.807) is 0 Å². The molecule has 31 heavy (non-hydrogen) atoms. The Hall–Kier alpha value is -3.24. The second-order valence-electron chi connectivity index (χ2n) is 7.19. The maximum Gasteiger partial charge on any atom is 0.231 e. The summed E-state index contributed by atoms with van der Waals surface area (Å²) in [5, 5.41) is 0.766. The summed E-state index contributed by atoms with van der Waals surface area (Å²) < 4.78 is 19.2. The molecule has 0 spiro atoms. The van der Waals surface area contributed by atoms with Crippen LogP contribution in [0.2, 0.25) is 0 Å². The van der Waals surface area contributed by atoms with Crippen LogP contribution in [0.4, 0.5) is 5.82 Å². The molecule has 0 unspecified atom stereocenters. The molecule has 0 aliphatic carbocycles. The molecule has 3 aromatic heterocycles. The number of ether oxygens (including phenoxy) is 2. The maximum atomic E-state index is 6.08. The molecule has 1 aliphatic heterocycles. The molecule has 0 bridgehead atoms. The zero-order chi connectivity index (χ0) is 21.4. The number of nitrogen functional groups attached to an aromatic ring is 1. The fourth-order valence-electron chi connectivity index (χ4n) is 3.51. The summed E-state index contributed by atoms with van der Waals surface area (Å²) in [6.07, 6.45) is 3.28. The van der Waals surface area contributed by atoms with Crippen LogP contribution in [0.25, 0.3) is 22.5 Å². The van der Waals surface area contributed by atoms with E-state index in [1.807, 2.05) is 31.2 Å². The van der Waals surface area contributed by atoms with Crippen LogP contribution in [0.5, 0.6) is 11.5 Å². The summed E-state index contributed by atoms with van der Waals surface area (Å²) in [6.45, 7) is 3.48. The van der Waals surface area contributed by atoms with Crippen molar-refractivity contribution in [1.82, 2.24) is 19.5 Å². The number of aryl methyl sites for hydroxylation is 2. The number of hydrogen-bond donors (Lipinski definition) is 2. The SMILES string of the molecule is Cc1ccc(-c2cc3c(cc2Sc2nc4c(N)ncnc4n2CCCCN)OCO3)o1. The molecular formula is C21H22N6O3S. The lowest BCUT2D eigenvalue weighted by atomic mass is 10.1. The van der Waals surface area contributed by atoms with Crippen molar-refractivity contribution in [3.05, 3.63) is 36.4 Å². The molecule has 0 saturated carbocycles. The van der Waals surface area contributed by atoms with Gasteiger partial charge in [0.2, 0.25) is 6.79 Å².